The number of hydrogen-bond donors (Lipinski definition) is 4. The molecule has 140 valence electrons. The molecule has 0 saturated carbocycles. The molecule has 25 heavy (non-hydrogen) atoms. The van der Waals surface area contributed by atoms with Crippen molar-refractivity contribution in [1.82, 2.24) is 10.6 Å². The molecule has 0 spiro atoms. The van der Waals surface area contributed by atoms with E-state index in [0.717, 1.165) is 12.0 Å². The number of halogens is 2. The minimum absolute atomic E-state index is 0.0131. The van der Waals surface area contributed by atoms with Gasteiger partial charge in [-0.2, -0.15) is 0 Å². The van der Waals surface area contributed by atoms with E-state index in [4.69, 9.17) is 0 Å². The third kappa shape index (κ3) is 4.74. The number of amides is 1. The van der Waals surface area contributed by atoms with Gasteiger partial charge in [-0.15, -0.1) is 0 Å². The van der Waals surface area contributed by atoms with Crippen molar-refractivity contribution >= 4 is 5.91 Å². The van der Waals surface area contributed by atoms with Gasteiger partial charge in [-0.05, 0) is 24.8 Å². The maximum Gasteiger partial charge on any atom is 0.256 e. The van der Waals surface area contributed by atoms with Gasteiger partial charge >= 0.3 is 0 Å². The Morgan fingerprint density at radius 1 is 1.36 bits per heavy atom. The summed E-state index contributed by atoms with van der Waals surface area (Å²) < 4.78 is 26.0. The number of rotatable bonds is 7. The van der Waals surface area contributed by atoms with Crippen molar-refractivity contribution < 1.29 is 23.8 Å². The first-order valence-electron chi connectivity index (χ1n) is 8.62. The van der Waals surface area contributed by atoms with Gasteiger partial charge in [0.2, 0.25) is 5.91 Å². The van der Waals surface area contributed by atoms with E-state index < -0.39 is 30.2 Å². The number of aryl methyl sites for hydroxylation is 1. The first-order chi connectivity index (χ1) is 11.9. The molecule has 1 amide bonds. The number of nitrogens with one attached hydrogen (secondary N) is 2. The van der Waals surface area contributed by atoms with E-state index in [1.165, 1.54) is 0 Å². The van der Waals surface area contributed by atoms with Gasteiger partial charge in [-0.1, -0.05) is 37.3 Å². The van der Waals surface area contributed by atoms with Gasteiger partial charge in [-0.3, -0.25) is 4.79 Å². The number of carbonyl (C=O) groups excluding carboxylic acids is 1. The summed E-state index contributed by atoms with van der Waals surface area (Å²) in [7, 11) is 0. The molecule has 0 aliphatic carbocycles. The Hall–Kier alpha value is -1.57. The monoisotopic (exact) mass is 356 g/mol. The number of aliphatic hydroxyl groups is 2. The third-order valence-corrected chi connectivity index (χ3v) is 4.82. The zero-order valence-corrected chi connectivity index (χ0v) is 14.3. The highest BCUT2D eigenvalue weighted by atomic mass is 19.3. The Labute approximate surface area is 146 Å². The van der Waals surface area contributed by atoms with Crippen LogP contribution < -0.4 is 10.6 Å². The largest absolute Gasteiger partial charge is 0.388 e. The van der Waals surface area contributed by atoms with Gasteiger partial charge in [-0.25, -0.2) is 8.78 Å². The van der Waals surface area contributed by atoms with Gasteiger partial charge in [0.1, 0.15) is 12.2 Å². The standard InChI is InChI=1S/C18H26F2N2O3/c1-2-13(23)22-18(10-6-9-12-7-4-3-5-8-12)11-21-14(17(19)20)15(24)16(18)25/h3-5,7-8,14-17,21,24-25H,2,6,9-11H2,1H3,(H,22,23)/t14-,15+,16-,18-/m0/s1. The summed E-state index contributed by atoms with van der Waals surface area (Å²) in [5, 5.41) is 26.0. The van der Waals surface area contributed by atoms with Crippen molar-refractivity contribution in [3.63, 3.8) is 0 Å². The summed E-state index contributed by atoms with van der Waals surface area (Å²) in [4.78, 5) is 11.9. The van der Waals surface area contributed by atoms with Crippen molar-refractivity contribution in [2.45, 2.75) is 62.8 Å². The van der Waals surface area contributed by atoms with E-state index in [1.807, 2.05) is 30.3 Å². The average Bonchev–Trinajstić information content (AvgIpc) is 2.60. The summed E-state index contributed by atoms with van der Waals surface area (Å²) in [6.07, 6.45) is -3.96. The Morgan fingerprint density at radius 3 is 2.64 bits per heavy atom. The average molecular weight is 356 g/mol. The number of benzene rings is 1. The normalized spacial score (nSPS) is 29.6. The number of carbonyl (C=O) groups is 1. The number of piperidine rings is 1. The van der Waals surface area contributed by atoms with Crippen molar-refractivity contribution in [2.75, 3.05) is 6.54 Å². The van der Waals surface area contributed by atoms with E-state index in [2.05, 4.69) is 10.6 Å². The SMILES string of the molecule is CCC(=O)N[C@@]1(CCCc2ccccc2)CN[C@H](C(F)F)[C@@H](O)[C@@H]1O. The Kier molecular flexibility index (Phi) is 6.87. The minimum atomic E-state index is -2.80. The lowest BCUT2D eigenvalue weighted by atomic mass is 9.78. The predicted molar refractivity (Wildman–Crippen MR) is 90.4 cm³/mol. The second-order valence-corrected chi connectivity index (χ2v) is 6.57. The second-order valence-electron chi connectivity index (χ2n) is 6.57. The molecule has 4 atom stereocenters. The van der Waals surface area contributed by atoms with Gasteiger partial charge in [0.25, 0.3) is 6.43 Å². The van der Waals surface area contributed by atoms with E-state index in [-0.39, 0.29) is 18.9 Å². The van der Waals surface area contributed by atoms with E-state index in [1.54, 1.807) is 6.92 Å². The fourth-order valence-corrected chi connectivity index (χ4v) is 3.32. The first-order valence-corrected chi connectivity index (χ1v) is 8.62. The molecule has 0 aromatic heterocycles. The number of aliphatic hydroxyl groups excluding tert-OH is 2. The highest BCUT2D eigenvalue weighted by molar-refractivity contribution is 5.76. The quantitative estimate of drug-likeness (QED) is 0.592. The van der Waals surface area contributed by atoms with Gasteiger partial charge < -0.3 is 20.8 Å². The molecule has 4 N–H and O–H groups in total. The number of alkyl halides is 2. The molecule has 5 nitrogen and oxygen atoms in total. The van der Waals surface area contributed by atoms with E-state index in [9.17, 15) is 23.8 Å². The van der Waals surface area contributed by atoms with Crippen LogP contribution in [-0.2, 0) is 11.2 Å². The van der Waals surface area contributed by atoms with Gasteiger partial charge in [0.05, 0.1) is 11.6 Å². The molecule has 0 bridgehead atoms. The lowest BCUT2D eigenvalue weighted by Crippen LogP contribution is -2.73. The maximum absolute atomic E-state index is 13.0. The summed E-state index contributed by atoms with van der Waals surface area (Å²) in [5.41, 5.74) is -0.0455. The predicted octanol–water partition coefficient (Wildman–Crippen LogP) is 1.23. The molecule has 1 heterocycles. The van der Waals surface area contributed by atoms with Crippen LogP contribution in [0.3, 0.4) is 0 Å². The van der Waals surface area contributed by atoms with Crippen LogP contribution in [0.25, 0.3) is 0 Å². The molecule has 1 aromatic rings. The molecule has 2 rings (SSSR count). The smallest absolute Gasteiger partial charge is 0.256 e. The van der Waals surface area contributed by atoms with E-state index >= 15 is 0 Å². The topological polar surface area (TPSA) is 81.6 Å². The Bertz CT molecular complexity index is 559. The molecule has 1 saturated heterocycles. The third-order valence-electron chi connectivity index (χ3n) is 4.82. The molecule has 7 heteroatoms. The van der Waals surface area contributed by atoms with Crippen molar-refractivity contribution in [2.24, 2.45) is 0 Å². The summed E-state index contributed by atoms with van der Waals surface area (Å²) in [5.74, 6) is -0.289. The lowest BCUT2D eigenvalue weighted by molar-refractivity contribution is -0.135. The van der Waals surface area contributed by atoms with Crippen LogP contribution >= 0.6 is 0 Å². The summed E-state index contributed by atoms with van der Waals surface area (Å²) in [6.45, 7) is 1.66. The zero-order chi connectivity index (χ0) is 18.4. The first kappa shape index (κ1) is 19.8. The van der Waals surface area contributed by atoms with Crippen LogP contribution in [0.1, 0.15) is 31.7 Å². The van der Waals surface area contributed by atoms with Gasteiger partial charge in [0, 0.05) is 13.0 Å². The van der Waals surface area contributed by atoms with Crippen molar-refractivity contribution in [3.8, 4) is 0 Å². The lowest BCUT2D eigenvalue weighted by Gasteiger charge is -2.47. The van der Waals surface area contributed by atoms with E-state index in [0.29, 0.717) is 12.8 Å². The highest BCUT2D eigenvalue weighted by Gasteiger charge is 2.50. The minimum Gasteiger partial charge on any atom is -0.388 e. The molecule has 1 aliphatic rings. The molecule has 1 aliphatic heterocycles. The Balaban J connectivity index is 2.10. The number of hydrogen-bond acceptors (Lipinski definition) is 4. The Morgan fingerprint density at radius 2 is 2.04 bits per heavy atom. The van der Waals surface area contributed by atoms with Crippen LogP contribution in [0.2, 0.25) is 0 Å². The van der Waals surface area contributed by atoms with Crippen LogP contribution in [0.4, 0.5) is 8.78 Å². The van der Waals surface area contributed by atoms with Crippen molar-refractivity contribution in [3.05, 3.63) is 35.9 Å². The maximum atomic E-state index is 13.0. The van der Waals surface area contributed by atoms with Crippen LogP contribution in [0.5, 0.6) is 0 Å². The van der Waals surface area contributed by atoms with Crippen LogP contribution in [0, 0.1) is 0 Å². The molecule has 0 unspecified atom stereocenters. The molecule has 1 aromatic carbocycles. The summed E-state index contributed by atoms with van der Waals surface area (Å²) in [6, 6.07) is 8.23. The second kappa shape index (κ2) is 8.69. The van der Waals surface area contributed by atoms with Crippen molar-refractivity contribution in [1.29, 1.82) is 0 Å². The van der Waals surface area contributed by atoms with Gasteiger partial charge in [0.15, 0.2) is 0 Å². The molecule has 1 fully saturated rings. The zero-order valence-electron chi connectivity index (χ0n) is 14.3. The summed E-state index contributed by atoms with van der Waals surface area (Å²) >= 11 is 0. The van der Waals surface area contributed by atoms with Crippen LogP contribution in [0.15, 0.2) is 30.3 Å². The molecular formula is C18H26F2N2O3. The van der Waals surface area contributed by atoms with Crippen LogP contribution in [-0.4, -0.2) is 52.9 Å². The fraction of sp³-hybridized carbons (Fsp3) is 0.611. The molecular weight excluding hydrogens is 330 g/mol. The molecule has 0 radical (unpaired) electrons. The highest BCUT2D eigenvalue weighted by Crippen LogP contribution is 2.28. The fourth-order valence-electron chi connectivity index (χ4n) is 3.32.